The van der Waals surface area contributed by atoms with Crippen molar-refractivity contribution in [1.29, 1.82) is 0 Å². The van der Waals surface area contributed by atoms with E-state index in [1.807, 2.05) is 11.3 Å². The molecule has 2 heterocycles. The summed E-state index contributed by atoms with van der Waals surface area (Å²) in [5, 5.41) is 5.08. The van der Waals surface area contributed by atoms with Crippen molar-refractivity contribution >= 4 is 17.2 Å². The third kappa shape index (κ3) is 1.76. The molecule has 1 aliphatic heterocycles. The summed E-state index contributed by atoms with van der Waals surface area (Å²) in [5.41, 5.74) is 0.297. The molecule has 2 fully saturated rings. The van der Waals surface area contributed by atoms with E-state index in [0.717, 1.165) is 6.54 Å². The van der Waals surface area contributed by atoms with Crippen LogP contribution in [0.25, 0.3) is 0 Å². The maximum Gasteiger partial charge on any atom is 0.251 e. The Morgan fingerprint density at radius 1 is 1.75 bits per heavy atom. The monoisotopic (exact) mass is 237 g/mol. The lowest BCUT2D eigenvalue weighted by Gasteiger charge is -2.09. The topological polar surface area (TPSA) is 41.6 Å². The van der Waals surface area contributed by atoms with E-state index in [9.17, 15) is 4.79 Å². The Balaban J connectivity index is 1.53. The summed E-state index contributed by atoms with van der Waals surface area (Å²) in [4.78, 5) is 12.8. The maximum absolute atomic E-state index is 11.4. The number of nitrogens with one attached hydrogen (secondary N) is 1. The number of hydrogen-bond donors (Lipinski definition) is 1. The smallest absolute Gasteiger partial charge is 0.251 e. The van der Waals surface area contributed by atoms with Crippen LogP contribution >= 0.6 is 11.3 Å². The van der Waals surface area contributed by atoms with Crippen LogP contribution in [0.4, 0.5) is 0 Å². The van der Waals surface area contributed by atoms with Crippen LogP contribution in [-0.2, 0) is 14.9 Å². The van der Waals surface area contributed by atoms with E-state index in [1.54, 1.807) is 0 Å². The van der Waals surface area contributed by atoms with Gasteiger partial charge >= 0.3 is 0 Å². The van der Waals surface area contributed by atoms with Crippen LogP contribution in [0.2, 0.25) is 0 Å². The Kier molecular flexibility index (Phi) is 2.30. The minimum absolute atomic E-state index is 0.0560. The second kappa shape index (κ2) is 3.57. The highest BCUT2D eigenvalue weighted by Crippen LogP contribution is 2.54. The van der Waals surface area contributed by atoms with Crippen molar-refractivity contribution in [2.24, 2.45) is 5.92 Å². The summed E-state index contributed by atoms with van der Waals surface area (Å²) < 4.78 is 4.94. The molecule has 1 saturated heterocycles. The number of amides is 1. The molecule has 2 aliphatic rings. The average Bonchev–Trinajstić information content (AvgIpc) is 3.16. The van der Waals surface area contributed by atoms with E-state index in [2.05, 4.69) is 29.8 Å². The van der Waals surface area contributed by atoms with Crippen LogP contribution in [0.15, 0.2) is 17.5 Å². The van der Waals surface area contributed by atoms with Crippen molar-refractivity contribution in [3.63, 3.8) is 0 Å². The molecule has 86 valence electrons. The number of hydrogen-bond acceptors (Lipinski definition) is 3. The first kappa shape index (κ1) is 10.3. The molecule has 1 aromatic heterocycles. The fourth-order valence-corrected chi connectivity index (χ4v) is 3.17. The van der Waals surface area contributed by atoms with Crippen molar-refractivity contribution in [1.82, 2.24) is 5.32 Å². The van der Waals surface area contributed by atoms with Gasteiger partial charge in [0.1, 0.15) is 0 Å². The van der Waals surface area contributed by atoms with E-state index >= 15 is 0 Å². The Bertz CT molecular complexity index is 399. The second-order valence-corrected chi connectivity index (χ2v) is 5.81. The Hall–Kier alpha value is -0.870. The SMILES string of the molecule is CC1(c2cccs2)CC1CNC(=O)C1CO1. The normalized spacial score (nSPS) is 35.8. The van der Waals surface area contributed by atoms with Gasteiger partial charge in [-0.1, -0.05) is 13.0 Å². The predicted molar refractivity (Wildman–Crippen MR) is 62.5 cm³/mol. The molecule has 0 radical (unpaired) electrons. The summed E-state index contributed by atoms with van der Waals surface area (Å²) in [6.07, 6.45) is 1.02. The zero-order chi connectivity index (χ0) is 11.2. The van der Waals surface area contributed by atoms with Crippen LogP contribution in [0.3, 0.4) is 0 Å². The number of epoxide rings is 1. The van der Waals surface area contributed by atoms with Gasteiger partial charge in [0, 0.05) is 16.8 Å². The third-order valence-corrected chi connectivity index (χ3v) is 4.79. The van der Waals surface area contributed by atoms with Crippen molar-refractivity contribution in [2.75, 3.05) is 13.2 Å². The minimum Gasteiger partial charge on any atom is -0.363 e. The molecular formula is C12H15NO2S. The molecule has 0 spiro atoms. The van der Waals surface area contributed by atoms with Crippen molar-refractivity contribution in [3.8, 4) is 0 Å². The molecule has 1 amide bonds. The van der Waals surface area contributed by atoms with Crippen LogP contribution in [-0.4, -0.2) is 25.2 Å². The van der Waals surface area contributed by atoms with Gasteiger partial charge in [-0.2, -0.15) is 0 Å². The first-order chi connectivity index (χ1) is 7.70. The number of carbonyl (C=O) groups excluding carboxylic acids is 1. The molecule has 3 unspecified atom stereocenters. The standard InChI is InChI=1S/C12H15NO2S/c1-12(10-3-2-4-16-10)5-8(12)6-13-11(14)9-7-15-9/h2-4,8-9H,5-7H2,1H3,(H,13,14). The number of thiophene rings is 1. The van der Waals surface area contributed by atoms with Crippen molar-refractivity contribution in [2.45, 2.75) is 24.9 Å². The number of rotatable bonds is 4. The Morgan fingerprint density at radius 2 is 2.56 bits per heavy atom. The zero-order valence-electron chi connectivity index (χ0n) is 9.23. The van der Waals surface area contributed by atoms with Gasteiger partial charge in [0.2, 0.25) is 0 Å². The van der Waals surface area contributed by atoms with Crippen LogP contribution in [0.1, 0.15) is 18.2 Å². The predicted octanol–water partition coefficient (Wildman–Crippen LogP) is 1.54. The molecule has 3 atom stereocenters. The van der Waals surface area contributed by atoms with Gasteiger partial charge in [-0.25, -0.2) is 0 Å². The van der Waals surface area contributed by atoms with E-state index in [1.165, 1.54) is 11.3 Å². The van der Waals surface area contributed by atoms with Crippen molar-refractivity contribution < 1.29 is 9.53 Å². The molecule has 1 N–H and O–H groups in total. The molecule has 0 bridgehead atoms. The summed E-state index contributed by atoms with van der Waals surface area (Å²) in [6.45, 7) is 3.66. The molecule has 1 aliphatic carbocycles. The van der Waals surface area contributed by atoms with Gasteiger partial charge in [-0.15, -0.1) is 11.3 Å². The highest BCUT2D eigenvalue weighted by atomic mass is 32.1. The van der Waals surface area contributed by atoms with E-state index in [4.69, 9.17) is 4.74 Å². The fourth-order valence-electron chi connectivity index (χ4n) is 2.19. The quantitative estimate of drug-likeness (QED) is 0.807. The lowest BCUT2D eigenvalue weighted by Crippen LogP contribution is -2.30. The largest absolute Gasteiger partial charge is 0.363 e. The lowest BCUT2D eigenvalue weighted by molar-refractivity contribution is -0.122. The molecule has 3 nitrogen and oxygen atoms in total. The molecular weight excluding hydrogens is 222 g/mol. The van der Waals surface area contributed by atoms with Gasteiger partial charge in [0.25, 0.3) is 5.91 Å². The summed E-state index contributed by atoms with van der Waals surface area (Å²) in [7, 11) is 0. The fraction of sp³-hybridized carbons (Fsp3) is 0.583. The number of ether oxygens (including phenoxy) is 1. The van der Waals surface area contributed by atoms with Gasteiger partial charge < -0.3 is 10.1 Å². The highest BCUT2D eigenvalue weighted by Gasteiger charge is 2.51. The third-order valence-electron chi connectivity index (χ3n) is 3.64. The molecule has 1 aromatic rings. The second-order valence-electron chi connectivity index (χ2n) is 4.86. The highest BCUT2D eigenvalue weighted by molar-refractivity contribution is 7.10. The van der Waals surface area contributed by atoms with Gasteiger partial charge in [-0.3, -0.25) is 4.79 Å². The number of carbonyl (C=O) groups is 1. The summed E-state index contributed by atoms with van der Waals surface area (Å²) >= 11 is 1.81. The first-order valence-electron chi connectivity index (χ1n) is 5.63. The van der Waals surface area contributed by atoms with Gasteiger partial charge in [-0.05, 0) is 23.8 Å². The molecule has 0 aromatic carbocycles. The minimum atomic E-state index is -0.160. The first-order valence-corrected chi connectivity index (χ1v) is 6.51. The van der Waals surface area contributed by atoms with Crippen LogP contribution in [0.5, 0.6) is 0 Å². The van der Waals surface area contributed by atoms with Gasteiger partial charge in [0.15, 0.2) is 6.10 Å². The summed E-state index contributed by atoms with van der Waals surface area (Å²) in [6, 6.07) is 4.29. The van der Waals surface area contributed by atoms with Crippen LogP contribution in [0, 0.1) is 5.92 Å². The molecule has 16 heavy (non-hydrogen) atoms. The maximum atomic E-state index is 11.4. The molecule has 4 heteroatoms. The Labute approximate surface area is 98.8 Å². The zero-order valence-corrected chi connectivity index (χ0v) is 10.0. The van der Waals surface area contributed by atoms with E-state index < -0.39 is 0 Å². The van der Waals surface area contributed by atoms with Crippen molar-refractivity contribution in [3.05, 3.63) is 22.4 Å². The summed E-state index contributed by atoms with van der Waals surface area (Å²) in [5.74, 6) is 0.647. The lowest BCUT2D eigenvalue weighted by atomic mass is 10.0. The molecule has 3 rings (SSSR count). The molecule has 1 saturated carbocycles. The van der Waals surface area contributed by atoms with E-state index in [-0.39, 0.29) is 12.0 Å². The van der Waals surface area contributed by atoms with Crippen LogP contribution < -0.4 is 5.32 Å². The average molecular weight is 237 g/mol. The van der Waals surface area contributed by atoms with E-state index in [0.29, 0.717) is 17.9 Å². The Morgan fingerprint density at radius 3 is 3.19 bits per heavy atom. The van der Waals surface area contributed by atoms with Gasteiger partial charge in [0.05, 0.1) is 6.61 Å².